The fourth-order valence-electron chi connectivity index (χ4n) is 1.57. The maximum absolute atomic E-state index is 4.72. The van der Waals surface area contributed by atoms with Crippen LogP contribution in [0.5, 0.6) is 0 Å². The Labute approximate surface area is 97.1 Å². The van der Waals surface area contributed by atoms with Crippen molar-refractivity contribution in [3.8, 4) is 0 Å². The van der Waals surface area contributed by atoms with Crippen molar-refractivity contribution in [3.05, 3.63) is 15.6 Å². The molecule has 1 heterocycles. The van der Waals surface area contributed by atoms with Gasteiger partial charge in [0.1, 0.15) is 0 Å². The number of rotatable bonds is 7. The van der Waals surface area contributed by atoms with E-state index in [4.69, 9.17) is 4.98 Å². The first kappa shape index (κ1) is 12.7. The predicted molar refractivity (Wildman–Crippen MR) is 67.5 cm³/mol. The van der Waals surface area contributed by atoms with Crippen LogP contribution in [-0.2, 0) is 19.4 Å². The van der Waals surface area contributed by atoms with E-state index in [1.54, 1.807) is 0 Å². The summed E-state index contributed by atoms with van der Waals surface area (Å²) in [6, 6.07) is 0. The van der Waals surface area contributed by atoms with Crippen molar-refractivity contribution in [2.24, 2.45) is 0 Å². The normalized spacial score (nSPS) is 10.9. The summed E-state index contributed by atoms with van der Waals surface area (Å²) in [6.07, 6.45) is 4.64. The summed E-state index contributed by atoms with van der Waals surface area (Å²) in [4.78, 5) is 6.17. The van der Waals surface area contributed by atoms with Gasteiger partial charge in [0.25, 0.3) is 0 Å². The van der Waals surface area contributed by atoms with Gasteiger partial charge in [-0.15, -0.1) is 11.3 Å². The van der Waals surface area contributed by atoms with Crippen LogP contribution in [-0.4, -0.2) is 11.5 Å². The maximum Gasteiger partial charge on any atom is 0.0931 e. The number of nitrogens with one attached hydrogen (secondary N) is 1. The summed E-state index contributed by atoms with van der Waals surface area (Å²) in [6.45, 7) is 8.61. The van der Waals surface area contributed by atoms with E-state index in [1.807, 2.05) is 11.3 Å². The van der Waals surface area contributed by atoms with Crippen LogP contribution in [0, 0.1) is 0 Å². The Kier molecular flexibility index (Phi) is 5.88. The molecule has 0 fully saturated rings. The Morgan fingerprint density at radius 2 is 1.87 bits per heavy atom. The highest BCUT2D eigenvalue weighted by Crippen LogP contribution is 2.21. The Bertz CT molecular complexity index is 281. The molecule has 0 spiro atoms. The minimum absolute atomic E-state index is 0.993. The molecular weight excluding hydrogens is 204 g/mol. The zero-order valence-electron chi connectivity index (χ0n) is 10.1. The van der Waals surface area contributed by atoms with Gasteiger partial charge in [0.2, 0.25) is 0 Å². The standard InChI is InChI=1S/C12H22N2S/c1-4-7-10-11(9-13-6-3)15-12(14-10)8-5-2/h13H,4-9H2,1-3H3. The van der Waals surface area contributed by atoms with Crippen LogP contribution in [0.2, 0.25) is 0 Å². The molecule has 0 amide bonds. The lowest BCUT2D eigenvalue weighted by molar-refractivity contribution is 0.722. The van der Waals surface area contributed by atoms with E-state index in [0.29, 0.717) is 0 Å². The molecule has 0 saturated carbocycles. The summed E-state index contributed by atoms with van der Waals surface area (Å²) in [5.41, 5.74) is 1.33. The molecule has 1 N–H and O–H groups in total. The molecule has 1 rings (SSSR count). The van der Waals surface area contributed by atoms with Crippen molar-refractivity contribution in [1.29, 1.82) is 0 Å². The molecule has 0 saturated heterocycles. The topological polar surface area (TPSA) is 24.9 Å². The van der Waals surface area contributed by atoms with E-state index in [0.717, 1.165) is 25.9 Å². The van der Waals surface area contributed by atoms with Crippen molar-refractivity contribution in [2.75, 3.05) is 6.54 Å². The molecule has 1 aromatic rings. The largest absolute Gasteiger partial charge is 0.312 e. The van der Waals surface area contributed by atoms with Gasteiger partial charge in [-0.1, -0.05) is 27.2 Å². The minimum atomic E-state index is 0.993. The zero-order valence-corrected chi connectivity index (χ0v) is 10.9. The third-order valence-electron chi connectivity index (χ3n) is 2.31. The Balaban J connectivity index is 2.70. The third kappa shape index (κ3) is 3.92. The molecule has 0 radical (unpaired) electrons. The minimum Gasteiger partial charge on any atom is -0.312 e. The van der Waals surface area contributed by atoms with Crippen LogP contribution in [0.3, 0.4) is 0 Å². The molecule has 2 nitrogen and oxygen atoms in total. The molecule has 1 aromatic heterocycles. The van der Waals surface area contributed by atoms with E-state index in [1.165, 1.54) is 28.4 Å². The second-order valence-electron chi connectivity index (χ2n) is 3.76. The molecule has 86 valence electrons. The highest BCUT2D eigenvalue weighted by atomic mass is 32.1. The summed E-state index contributed by atoms with van der Waals surface area (Å²) in [7, 11) is 0. The van der Waals surface area contributed by atoms with Crippen molar-refractivity contribution >= 4 is 11.3 Å². The first-order valence-electron chi connectivity index (χ1n) is 5.99. The lowest BCUT2D eigenvalue weighted by Crippen LogP contribution is -2.11. The van der Waals surface area contributed by atoms with Crippen molar-refractivity contribution in [3.63, 3.8) is 0 Å². The smallest absolute Gasteiger partial charge is 0.0931 e. The third-order valence-corrected chi connectivity index (χ3v) is 3.47. The van der Waals surface area contributed by atoms with Gasteiger partial charge in [0, 0.05) is 11.4 Å². The van der Waals surface area contributed by atoms with Gasteiger partial charge in [-0.05, 0) is 25.8 Å². The summed E-state index contributed by atoms with van der Waals surface area (Å²) < 4.78 is 0. The van der Waals surface area contributed by atoms with Crippen LogP contribution in [0.15, 0.2) is 0 Å². The second kappa shape index (κ2) is 6.96. The molecule has 0 atom stereocenters. The van der Waals surface area contributed by atoms with E-state index >= 15 is 0 Å². The molecule has 0 aliphatic rings. The highest BCUT2D eigenvalue weighted by Gasteiger charge is 2.09. The second-order valence-corrected chi connectivity index (χ2v) is 4.93. The number of aryl methyl sites for hydroxylation is 2. The van der Waals surface area contributed by atoms with Crippen molar-refractivity contribution in [2.45, 2.75) is 53.0 Å². The molecule has 0 aliphatic heterocycles. The Morgan fingerprint density at radius 3 is 2.47 bits per heavy atom. The highest BCUT2D eigenvalue weighted by molar-refractivity contribution is 7.11. The van der Waals surface area contributed by atoms with E-state index < -0.39 is 0 Å². The number of hydrogen-bond donors (Lipinski definition) is 1. The number of nitrogens with zero attached hydrogens (tertiary/aromatic N) is 1. The average molecular weight is 226 g/mol. The lowest BCUT2D eigenvalue weighted by atomic mass is 10.2. The van der Waals surface area contributed by atoms with Gasteiger partial charge in [0.15, 0.2) is 0 Å². The molecule has 15 heavy (non-hydrogen) atoms. The molecule has 0 aliphatic carbocycles. The first-order chi connectivity index (χ1) is 7.31. The number of hydrogen-bond acceptors (Lipinski definition) is 3. The predicted octanol–water partition coefficient (Wildman–Crippen LogP) is 3.16. The Hall–Kier alpha value is -0.410. The van der Waals surface area contributed by atoms with Crippen LogP contribution in [0.1, 0.15) is 49.2 Å². The number of aromatic nitrogens is 1. The van der Waals surface area contributed by atoms with Gasteiger partial charge in [-0.25, -0.2) is 4.98 Å². The van der Waals surface area contributed by atoms with Gasteiger partial charge in [-0.3, -0.25) is 0 Å². The monoisotopic (exact) mass is 226 g/mol. The quantitative estimate of drug-likeness (QED) is 0.772. The van der Waals surface area contributed by atoms with Gasteiger partial charge in [-0.2, -0.15) is 0 Å². The maximum atomic E-state index is 4.72. The number of thiazole rings is 1. The summed E-state index contributed by atoms with van der Waals surface area (Å²) >= 11 is 1.89. The lowest BCUT2D eigenvalue weighted by Gasteiger charge is -2.00. The molecule has 3 heteroatoms. The molecule has 0 bridgehead atoms. The fraction of sp³-hybridized carbons (Fsp3) is 0.750. The fourth-order valence-corrected chi connectivity index (χ4v) is 2.75. The van der Waals surface area contributed by atoms with Crippen molar-refractivity contribution < 1.29 is 0 Å². The summed E-state index contributed by atoms with van der Waals surface area (Å²) in [5, 5.41) is 4.70. The molecule has 0 unspecified atom stereocenters. The zero-order chi connectivity index (χ0) is 11.1. The van der Waals surface area contributed by atoms with Crippen molar-refractivity contribution in [1.82, 2.24) is 10.3 Å². The summed E-state index contributed by atoms with van der Waals surface area (Å²) in [5.74, 6) is 0. The molecular formula is C12H22N2S. The van der Waals surface area contributed by atoms with E-state index in [9.17, 15) is 0 Å². The van der Waals surface area contributed by atoms with Crippen LogP contribution < -0.4 is 5.32 Å². The van der Waals surface area contributed by atoms with Gasteiger partial charge >= 0.3 is 0 Å². The average Bonchev–Trinajstić information content (AvgIpc) is 2.59. The molecule has 0 aromatic carbocycles. The van der Waals surface area contributed by atoms with Gasteiger partial charge in [0.05, 0.1) is 10.7 Å². The van der Waals surface area contributed by atoms with Crippen LogP contribution in [0.25, 0.3) is 0 Å². The Morgan fingerprint density at radius 1 is 1.13 bits per heavy atom. The first-order valence-corrected chi connectivity index (χ1v) is 6.81. The van der Waals surface area contributed by atoms with Crippen LogP contribution >= 0.6 is 11.3 Å². The SMILES string of the molecule is CCCc1nc(CCC)c(CNCC)s1. The van der Waals surface area contributed by atoms with Gasteiger partial charge < -0.3 is 5.32 Å². The van der Waals surface area contributed by atoms with E-state index in [-0.39, 0.29) is 0 Å². The van der Waals surface area contributed by atoms with E-state index in [2.05, 4.69) is 26.1 Å². The van der Waals surface area contributed by atoms with Crippen LogP contribution in [0.4, 0.5) is 0 Å².